The molecule has 1 N–H and O–H groups in total. The van der Waals surface area contributed by atoms with Crippen molar-refractivity contribution < 1.29 is 18.3 Å². The summed E-state index contributed by atoms with van der Waals surface area (Å²) in [5.41, 5.74) is 1.04. The maximum absolute atomic E-state index is 9.53. The van der Waals surface area contributed by atoms with Crippen molar-refractivity contribution in [2.45, 2.75) is 6.61 Å². The van der Waals surface area contributed by atoms with Crippen molar-refractivity contribution in [3.8, 4) is 11.5 Å². The third-order valence-corrected chi connectivity index (χ3v) is 2.39. The van der Waals surface area contributed by atoms with Gasteiger partial charge in [0, 0.05) is 32.5 Å². The van der Waals surface area contributed by atoms with Crippen molar-refractivity contribution in [2.75, 3.05) is 0 Å². The summed E-state index contributed by atoms with van der Waals surface area (Å²) in [6, 6.07) is 14.5. The lowest BCUT2D eigenvalue weighted by Gasteiger charge is -2.08. The molecule has 0 atom stereocenters. The predicted octanol–water partition coefficient (Wildman–Crippen LogP) is 4.33. The van der Waals surface area contributed by atoms with E-state index >= 15 is 0 Å². The first-order chi connectivity index (χ1) is 9.75. The molecule has 4 nitrogen and oxygen atoms in total. The highest BCUT2D eigenvalue weighted by atomic mass is 36.0. The Balaban J connectivity index is 0.000000383. The zero-order valence-corrected chi connectivity index (χ0v) is 13.6. The first-order valence-electron chi connectivity index (χ1n) is 5.55. The van der Waals surface area contributed by atoms with Crippen LogP contribution in [0.2, 0.25) is 5.02 Å². The van der Waals surface area contributed by atoms with Crippen LogP contribution in [-0.2, 0) is 14.9 Å². The minimum absolute atomic E-state index is 0.0975. The number of phenolic OH excluding ortho intramolecular Hbond substituents is 1. The average Bonchev–Trinajstić information content (AvgIpc) is 2.39. The molecule has 0 spiro atoms. The molecule has 0 aliphatic carbocycles. The van der Waals surface area contributed by atoms with Gasteiger partial charge in [-0.25, -0.2) is 0 Å². The van der Waals surface area contributed by atoms with Gasteiger partial charge in [0.1, 0.15) is 6.61 Å². The van der Waals surface area contributed by atoms with E-state index in [1.165, 1.54) is 6.07 Å². The molecule has 2 rings (SSSR count). The van der Waals surface area contributed by atoms with E-state index in [4.69, 9.17) is 24.8 Å². The molecule has 0 aliphatic heterocycles. The van der Waals surface area contributed by atoms with E-state index in [0.717, 1.165) is 5.56 Å². The fraction of sp³-hybridized carbons (Fsp3) is 0.0769. The molecule has 21 heavy (non-hydrogen) atoms. The maximum atomic E-state index is 9.53. The normalized spacial score (nSPS) is 10.4. The molecule has 0 fully saturated rings. The lowest BCUT2D eigenvalue weighted by Crippen LogP contribution is -1.95. The topological polar surface area (TPSA) is 63.6 Å². The fourth-order valence-corrected chi connectivity index (χ4v) is 1.50. The largest absolute Gasteiger partial charge is 0.504 e. The summed E-state index contributed by atoms with van der Waals surface area (Å²) in [6.45, 7) is 0.411. The molecule has 0 aliphatic rings. The number of hydrogen-bond donors (Lipinski definition) is 1. The first-order valence-corrected chi connectivity index (χ1v) is 9.06. The van der Waals surface area contributed by atoms with Crippen molar-refractivity contribution in [2.24, 2.45) is 0 Å². The van der Waals surface area contributed by atoms with E-state index in [1.807, 2.05) is 30.3 Å². The molecule has 0 bridgehead atoms. The SMILES string of the molecule is O=S(=O)(Cl)Cl.Oc1ccc(Cl)cc1OCc1ccccc1. The first kappa shape index (κ1) is 17.9. The van der Waals surface area contributed by atoms with Gasteiger partial charge >= 0.3 is 8.26 Å². The second-order valence-electron chi connectivity index (χ2n) is 3.76. The summed E-state index contributed by atoms with van der Waals surface area (Å²) in [5.74, 6) is 0.497. The lowest BCUT2D eigenvalue weighted by atomic mass is 10.2. The van der Waals surface area contributed by atoms with Crippen LogP contribution in [0.5, 0.6) is 11.5 Å². The van der Waals surface area contributed by atoms with E-state index in [0.29, 0.717) is 17.4 Å². The van der Waals surface area contributed by atoms with E-state index in [-0.39, 0.29) is 5.75 Å². The van der Waals surface area contributed by atoms with Crippen LogP contribution in [0.1, 0.15) is 5.56 Å². The molecule has 0 heterocycles. The van der Waals surface area contributed by atoms with Crippen molar-refractivity contribution in [3.05, 3.63) is 59.1 Å². The van der Waals surface area contributed by atoms with Crippen LogP contribution in [0, 0.1) is 0 Å². The zero-order valence-electron chi connectivity index (χ0n) is 10.5. The summed E-state index contributed by atoms with van der Waals surface area (Å²) in [7, 11) is 4.81. The van der Waals surface area contributed by atoms with Gasteiger partial charge in [0.15, 0.2) is 11.5 Å². The Morgan fingerprint density at radius 2 is 1.62 bits per heavy atom. The van der Waals surface area contributed by atoms with Gasteiger partial charge in [0.05, 0.1) is 0 Å². The van der Waals surface area contributed by atoms with Gasteiger partial charge in [-0.1, -0.05) is 41.9 Å². The second kappa shape index (κ2) is 8.34. The van der Waals surface area contributed by atoms with Crippen molar-refractivity contribution in [1.82, 2.24) is 0 Å². The van der Waals surface area contributed by atoms with Crippen molar-refractivity contribution >= 4 is 41.2 Å². The highest BCUT2D eigenvalue weighted by Gasteiger charge is 2.03. The quantitative estimate of drug-likeness (QED) is 0.818. The number of ether oxygens (including phenoxy) is 1. The number of hydrogen-bond acceptors (Lipinski definition) is 4. The Kier molecular flexibility index (Phi) is 7.11. The minimum Gasteiger partial charge on any atom is -0.504 e. The third-order valence-electron chi connectivity index (χ3n) is 2.16. The summed E-state index contributed by atoms with van der Waals surface area (Å²) in [6.07, 6.45) is 0. The third kappa shape index (κ3) is 8.67. The monoisotopic (exact) mass is 368 g/mol. The van der Waals surface area contributed by atoms with E-state index < -0.39 is 8.26 Å². The van der Waals surface area contributed by atoms with Gasteiger partial charge in [-0.3, -0.25) is 0 Å². The maximum Gasteiger partial charge on any atom is 0.317 e. The molecule has 0 unspecified atom stereocenters. The van der Waals surface area contributed by atoms with Crippen LogP contribution in [0.4, 0.5) is 0 Å². The number of halogens is 3. The van der Waals surface area contributed by atoms with Crippen LogP contribution >= 0.6 is 33.0 Å². The standard InChI is InChI=1S/C13H11ClO2.Cl2O2S/c14-11-6-7-12(15)13(8-11)16-9-10-4-2-1-3-5-10;1-5(2,3)4/h1-8,15H,9H2;. The molecule has 8 heteroatoms. The van der Waals surface area contributed by atoms with Crippen molar-refractivity contribution in [1.29, 1.82) is 0 Å². The zero-order chi connectivity index (χ0) is 15.9. The van der Waals surface area contributed by atoms with Gasteiger partial charge in [0.25, 0.3) is 0 Å². The summed E-state index contributed by atoms with van der Waals surface area (Å²) in [5, 5.41) is 10.1. The minimum atomic E-state index is -3.72. The smallest absolute Gasteiger partial charge is 0.317 e. The molecular weight excluding hydrogens is 359 g/mol. The second-order valence-corrected chi connectivity index (χ2v) is 7.87. The summed E-state index contributed by atoms with van der Waals surface area (Å²) >= 11 is 5.81. The molecule has 2 aromatic carbocycles. The van der Waals surface area contributed by atoms with Crippen LogP contribution in [0.3, 0.4) is 0 Å². The fourth-order valence-electron chi connectivity index (χ4n) is 1.34. The molecule has 2 aromatic rings. The number of benzene rings is 2. The molecule has 0 amide bonds. The van der Waals surface area contributed by atoms with Crippen LogP contribution in [0.25, 0.3) is 0 Å². The van der Waals surface area contributed by atoms with Crippen molar-refractivity contribution in [3.63, 3.8) is 0 Å². The van der Waals surface area contributed by atoms with Crippen LogP contribution in [-0.4, -0.2) is 13.5 Å². The summed E-state index contributed by atoms with van der Waals surface area (Å²) in [4.78, 5) is 0. The van der Waals surface area contributed by atoms with E-state index in [1.54, 1.807) is 12.1 Å². The molecule has 0 saturated carbocycles. The van der Waals surface area contributed by atoms with Gasteiger partial charge in [-0.15, -0.1) is 0 Å². The van der Waals surface area contributed by atoms with Crippen LogP contribution in [0.15, 0.2) is 48.5 Å². The van der Waals surface area contributed by atoms with E-state index in [9.17, 15) is 5.11 Å². The number of phenols is 1. The Hall–Kier alpha value is -1.14. The Morgan fingerprint density at radius 1 is 1.05 bits per heavy atom. The lowest BCUT2D eigenvalue weighted by molar-refractivity contribution is 0.289. The molecular formula is C13H11Cl3O4S. The van der Waals surface area contributed by atoms with Gasteiger partial charge in [-0.2, -0.15) is 8.42 Å². The number of aromatic hydroxyl groups is 1. The molecule has 0 radical (unpaired) electrons. The van der Waals surface area contributed by atoms with E-state index in [2.05, 4.69) is 21.4 Å². The van der Waals surface area contributed by atoms with Gasteiger partial charge in [-0.05, 0) is 17.7 Å². The number of rotatable bonds is 3. The Labute approximate surface area is 136 Å². The predicted molar refractivity (Wildman–Crippen MR) is 84.5 cm³/mol. The molecule has 114 valence electrons. The Bertz CT molecular complexity index is 667. The van der Waals surface area contributed by atoms with Gasteiger partial charge < -0.3 is 9.84 Å². The van der Waals surface area contributed by atoms with Crippen LogP contribution < -0.4 is 4.74 Å². The highest BCUT2D eigenvalue weighted by Crippen LogP contribution is 2.29. The molecule has 0 saturated heterocycles. The Morgan fingerprint density at radius 3 is 2.19 bits per heavy atom. The highest BCUT2D eigenvalue weighted by molar-refractivity contribution is 8.31. The van der Waals surface area contributed by atoms with Gasteiger partial charge in [0.2, 0.25) is 0 Å². The average molecular weight is 370 g/mol. The molecule has 0 aromatic heterocycles. The summed E-state index contributed by atoms with van der Waals surface area (Å²) < 4.78 is 23.8.